The second-order valence-electron chi connectivity index (χ2n) is 4.22. The Bertz CT molecular complexity index is 369. The van der Waals surface area contributed by atoms with Gasteiger partial charge in [0.15, 0.2) is 0 Å². The summed E-state index contributed by atoms with van der Waals surface area (Å²) in [7, 11) is 0. The number of hydrogen-bond acceptors (Lipinski definition) is 3. The number of aryl methyl sites for hydroxylation is 1. The maximum absolute atomic E-state index is 13.3. The number of unbranched alkanes of at least 4 members (excludes halogenated alkanes) is 1. The van der Waals surface area contributed by atoms with Crippen molar-refractivity contribution in [2.75, 3.05) is 30.3 Å². The largest absolute Gasteiger partial charge is 0.397 e. The van der Waals surface area contributed by atoms with Crippen LogP contribution in [0.25, 0.3) is 0 Å². The first-order chi connectivity index (χ1) is 8.10. The second kappa shape index (κ2) is 6.45. The lowest BCUT2D eigenvalue weighted by atomic mass is 10.1. The minimum absolute atomic E-state index is 0.0690. The molecule has 0 amide bonds. The van der Waals surface area contributed by atoms with Crippen LogP contribution in [0.5, 0.6) is 0 Å². The van der Waals surface area contributed by atoms with Gasteiger partial charge in [0.05, 0.1) is 18.0 Å². The summed E-state index contributed by atoms with van der Waals surface area (Å²) in [6.07, 6.45) is 2.10. The molecule has 1 rings (SSSR count). The average molecular weight is 240 g/mol. The van der Waals surface area contributed by atoms with Gasteiger partial charge in [0, 0.05) is 13.1 Å². The molecular weight excluding hydrogens is 219 g/mol. The monoisotopic (exact) mass is 240 g/mol. The number of nitrogens with zero attached hydrogens (tertiary/aromatic N) is 1. The van der Waals surface area contributed by atoms with Crippen molar-refractivity contribution in [1.29, 1.82) is 0 Å². The summed E-state index contributed by atoms with van der Waals surface area (Å²) >= 11 is 0. The highest BCUT2D eigenvalue weighted by atomic mass is 19.1. The summed E-state index contributed by atoms with van der Waals surface area (Å²) in [6.45, 7) is 5.24. The second-order valence-corrected chi connectivity index (χ2v) is 4.22. The molecule has 0 aliphatic heterocycles. The van der Waals surface area contributed by atoms with Crippen LogP contribution in [-0.4, -0.2) is 24.8 Å². The third-order valence-electron chi connectivity index (χ3n) is 2.80. The molecule has 3 nitrogen and oxygen atoms in total. The first kappa shape index (κ1) is 13.8. The van der Waals surface area contributed by atoms with Gasteiger partial charge >= 0.3 is 0 Å². The summed E-state index contributed by atoms with van der Waals surface area (Å²) in [5.74, 6) is -0.286. The van der Waals surface area contributed by atoms with Crippen molar-refractivity contribution >= 4 is 11.4 Å². The fourth-order valence-electron chi connectivity index (χ4n) is 1.78. The zero-order valence-corrected chi connectivity index (χ0v) is 10.5. The van der Waals surface area contributed by atoms with Gasteiger partial charge in [0.25, 0.3) is 0 Å². The van der Waals surface area contributed by atoms with Crippen molar-refractivity contribution in [3.63, 3.8) is 0 Å². The average Bonchev–Trinajstić information content (AvgIpc) is 2.29. The lowest BCUT2D eigenvalue weighted by molar-refractivity contribution is 0.301. The van der Waals surface area contributed by atoms with Gasteiger partial charge in [-0.1, -0.05) is 13.3 Å². The van der Waals surface area contributed by atoms with Gasteiger partial charge in [0.2, 0.25) is 0 Å². The molecule has 0 aromatic heterocycles. The minimum Gasteiger partial charge on any atom is -0.397 e. The molecule has 0 atom stereocenters. The lowest BCUT2D eigenvalue weighted by Crippen LogP contribution is -2.28. The molecule has 3 N–H and O–H groups in total. The molecule has 0 saturated carbocycles. The van der Waals surface area contributed by atoms with Gasteiger partial charge in [-0.15, -0.1) is 0 Å². The Morgan fingerprint density at radius 3 is 2.65 bits per heavy atom. The molecule has 0 radical (unpaired) electrons. The molecule has 0 unspecified atom stereocenters. The fraction of sp³-hybridized carbons (Fsp3) is 0.538. The zero-order valence-electron chi connectivity index (χ0n) is 10.5. The Labute approximate surface area is 102 Å². The number of aliphatic hydroxyl groups excluding tert-OH is 1. The van der Waals surface area contributed by atoms with Gasteiger partial charge in [-0.2, -0.15) is 0 Å². The maximum atomic E-state index is 13.3. The van der Waals surface area contributed by atoms with Crippen molar-refractivity contribution in [2.24, 2.45) is 0 Å². The molecule has 96 valence electrons. The third-order valence-corrected chi connectivity index (χ3v) is 2.80. The highest BCUT2D eigenvalue weighted by molar-refractivity contribution is 5.68. The van der Waals surface area contributed by atoms with Crippen LogP contribution in [0.4, 0.5) is 15.8 Å². The molecule has 4 heteroatoms. The topological polar surface area (TPSA) is 49.5 Å². The van der Waals surface area contributed by atoms with E-state index in [0.717, 1.165) is 25.1 Å². The van der Waals surface area contributed by atoms with Crippen molar-refractivity contribution < 1.29 is 9.50 Å². The maximum Gasteiger partial charge on any atom is 0.128 e. The number of nitrogens with two attached hydrogens (primary N) is 1. The molecule has 0 bridgehead atoms. The van der Waals surface area contributed by atoms with E-state index in [-0.39, 0.29) is 12.4 Å². The van der Waals surface area contributed by atoms with Crippen molar-refractivity contribution in [2.45, 2.75) is 26.7 Å². The van der Waals surface area contributed by atoms with E-state index in [9.17, 15) is 4.39 Å². The molecular formula is C13H21FN2O. The molecule has 0 fully saturated rings. The number of rotatable bonds is 6. The lowest BCUT2D eigenvalue weighted by Gasteiger charge is -2.25. The number of aliphatic hydroxyl groups is 1. The number of hydrogen-bond donors (Lipinski definition) is 2. The van der Waals surface area contributed by atoms with Crippen LogP contribution in [-0.2, 0) is 0 Å². The SMILES string of the molecule is CCCCN(CCO)c1cc(C)c(F)cc1N. The van der Waals surface area contributed by atoms with Gasteiger partial charge in [-0.25, -0.2) is 4.39 Å². The van der Waals surface area contributed by atoms with Crippen LogP contribution in [0.2, 0.25) is 0 Å². The predicted molar refractivity (Wildman–Crippen MR) is 69.8 cm³/mol. The Morgan fingerprint density at radius 1 is 1.35 bits per heavy atom. The van der Waals surface area contributed by atoms with E-state index in [4.69, 9.17) is 10.8 Å². The normalized spacial score (nSPS) is 10.6. The number of halogens is 1. The Balaban J connectivity index is 2.96. The predicted octanol–water partition coefficient (Wildman–Crippen LogP) is 2.32. The molecule has 17 heavy (non-hydrogen) atoms. The fourth-order valence-corrected chi connectivity index (χ4v) is 1.78. The van der Waals surface area contributed by atoms with Crippen LogP contribution in [0.1, 0.15) is 25.3 Å². The van der Waals surface area contributed by atoms with Crippen LogP contribution in [0.3, 0.4) is 0 Å². The Kier molecular flexibility index (Phi) is 5.22. The first-order valence-electron chi connectivity index (χ1n) is 6.01. The summed E-state index contributed by atoms with van der Waals surface area (Å²) in [6, 6.07) is 3.09. The van der Waals surface area contributed by atoms with E-state index in [2.05, 4.69) is 6.92 Å². The van der Waals surface area contributed by atoms with Gasteiger partial charge in [-0.3, -0.25) is 0 Å². The van der Waals surface area contributed by atoms with Crippen LogP contribution >= 0.6 is 0 Å². The third kappa shape index (κ3) is 3.60. The summed E-state index contributed by atoms with van der Waals surface area (Å²) < 4.78 is 13.3. The highest BCUT2D eigenvalue weighted by Gasteiger charge is 2.11. The Morgan fingerprint density at radius 2 is 2.06 bits per heavy atom. The van der Waals surface area contributed by atoms with Crippen molar-refractivity contribution in [3.8, 4) is 0 Å². The molecule has 0 aliphatic carbocycles. The van der Waals surface area contributed by atoms with Gasteiger partial charge in [-0.05, 0) is 31.0 Å². The van der Waals surface area contributed by atoms with Crippen molar-refractivity contribution in [1.82, 2.24) is 0 Å². The molecule has 0 heterocycles. The number of benzene rings is 1. The van der Waals surface area contributed by atoms with Gasteiger partial charge in [0.1, 0.15) is 5.82 Å². The van der Waals surface area contributed by atoms with Gasteiger partial charge < -0.3 is 15.7 Å². The first-order valence-corrected chi connectivity index (χ1v) is 6.01. The molecule has 0 aliphatic rings. The van der Waals surface area contributed by atoms with Crippen molar-refractivity contribution in [3.05, 3.63) is 23.5 Å². The van der Waals surface area contributed by atoms with Crippen LogP contribution in [0, 0.1) is 12.7 Å². The van der Waals surface area contributed by atoms with E-state index in [0.29, 0.717) is 17.8 Å². The molecule has 1 aromatic rings. The van der Waals surface area contributed by atoms with E-state index in [1.165, 1.54) is 6.07 Å². The van der Waals surface area contributed by atoms with E-state index < -0.39 is 0 Å². The quantitative estimate of drug-likeness (QED) is 0.750. The summed E-state index contributed by atoms with van der Waals surface area (Å²) in [5.41, 5.74) is 7.65. The van der Waals surface area contributed by atoms with E-state index in [1.54, 1.807) is 13.0 Å². The Hall–Kier alpha value is -1.29. The molecule has 1 aromatic carbocycles. The standard InChI is InChI=1S/C13H21FN2O/c1-3-4-5-16(6-7-17)13-8-10(2)11(14)9-12(13)15/h8-9,17H,3-7,15H2,1-2H3. The molecule has 0 spiro atoms. The summed E-state index contributed by atoms with van der Waals surface area (Å²) in [4.78, 5) is 2.01. The smallest absolute Gasteiger partial charge is 0.128 e. The molecule has 0 saturated heterocycles. The van der Waals surface area contributed by atoms with Crippen LogP contribution < -0.4 is 10.6 Å². The van der Waals surface area contributed by atoms with Crippen LogP contribution in [0.15, 0.2) is 12.1 Å². The highest BCUT2D eigenvalue weighted by Crippen LogP contribution is 2.26. The van der Waals surface area contributed by atoms with E-state index >= 15 is 0 Å². The zero-order chi connectivity index (χ0) is 12.8. The summed E-state index contributed by atoms with van der Waals surface area (Å²) in [5, 5.41) is 9.06. The number of nitrogen functional groups attached to an aromatic ring is 1. The minimum atomic E-state index is -0.286. The van der Waals surface area contributed by atoms with E-state index in [1.807, 2.05) is 4.90 Å². The number of anilines is 2.